The van der Waals surface area contributed by atoms with Gasteiger partial charge in [0.15, 0.2) is 6.61 Å². The van der Waals surface area contributed by atoms with Crippen molar-refractivity contribution in [3.8, 4) is 0 Å². The van der Waals surface area contributed by atoms with Gasteiger partial charge in [-0.05, 0) is 37.1 Å². The maximum absolute atomic E-state index is 12.4. The van der Waals surface area contributed by atoms with Crippen LogP contribution in [-0.4, -0.2) is 35.2 Å². The fraction of sp³-hybridized carbons (Fsp3) is 0.263. The Bertz CT molecular complexity index is 869. The van der Waals surface area contributed by atoms with Gasteiger partial charge in [-0.2, -0.15) is 0 Å². The summed E-state index contributed by atoms with van der Waals surface area (Å²) in [7, 11) is 0. The number of nitro groups is 1. The van der Waals surface area contributed by atoms with Crippen LogP contribution in [0.25, 0.3) is 0 Å². The number of ether oxygens (including phenoxy) is 1. The Labute approximate surface area is 160 Å². The standard InChI is InChI=1S/C19H18N2O5S/c1-13(27-16-8-6-15(7-9-16)21(24)25)19(23)26-12-18(22)20-11-10-14-4-2-3-5-17(14)20/h2-9,13H,10-12H2,1H3/t13-/m0/s1. The number of para-hydroxylation sites is 1. The van der Waals surface area contributed by atoms with Crippen LogP contribution < -0.4 is 4.90 Å². The van der Waals surface area contributed by atoms with E-state index in [-0.39, 0.29) is 18.2 Å². The fourth-order valence-corrected chi connectivity index (χ4v) is 3.69. The Morgan fingerprint density at radius 1 is 1.22 bits per heavy atom. The zero-order valence-corrected chi connectivity index (χ0v) is 15.5. The molecular formula is C19H18N2O5S. The highest BCUT2D eigenvalue weighted by molar-refractivity contribution is 8.00. The highest BCUT2D eigenvalue weighted by Crippen LogP contribution is 2.28. The first-order valence-corrected chi connectivity index (χ1v) is 9.29. The molecule has 2 aromatic rings. The molecule has 0 spiro atoms. The molecule has 0 saturated carbocycles. The number of hydrogen-bond acceptors (Lipinski definition) is 6. The van der Waals surface area contributed by atoms with Crippen LogP contribution in [0, 0.1) is 10.1 Å². The first kappa shape index (κ1) is 18.9. The number of nitro benzene ring substituents is 1. The van der Waals surface area contributed by atoms with Crippen LogP contribution in [0.4, 0.5) is 11.4 Å². The summed E-state index contributed by atoms with van der Waals surface area (Å²) in [6.07, 6.45) is 0.794. The highest BCUT2D eigenvalue weighted by Gasteiger charge is 2.26. The van der Waals surface area contributed by atoms with E-state index >= 15 is 0 Å². The van der Waals surface area contributed by atoms with Crippen molar-refractivity contribution < 1.29 is 19.2 Å². The first-order valence-electron chi connectivity index (χ1n) is 8.41. The number of esters is 1. The lowest BCUT2D eigenvalue weighted by Gasteiger charge is -2.18. The van der Waals surface area contributed by atoms with Crippen molar-refractivity contribution in [2.75, 3.05) is 18.1 Å². The molecule has 1 aliphatic rings. The third-order valence-electron chi connectivity index (χ3n) is 4.22. The number of thioether (sulfide) groups is 1. The van der Waals surface area contributed by atoms with E-state index in [1.165, 1.54) is 23.9 Å². The summed E-state index contributed by atoms with van der Waals surface area (Å²) in [5.41, 5.74) is 1.97. The third kappa shape index (κ3) is 4.46. The number of fused-ring (bicyclic) bond motifs is 1. The molecular weight excluding hydrogens is 368 g/mol. The van der Waals surface area contributed by atoms with E-state index in [1.54, 1.807) is 24.0 Å². The van der Waals surface area contributed by atoms with E-state index in [0.29, 0.717) is 11.4 Å². The second-order valence-electron chi connectivity index (χ2n) is 6.04. The molecule has 0 fully saturated rings. The summed E-state index contributed by atoms with van der Waals surface area (Å²) >= 11 is 1.22. The van der Waals surface area contributed by atoms with Crippen LogP contribution in [0.1, 0.15) is 12.5 Å². The van der Waals surface area contributed by atoms with Crippen molar-refractivity contribution in [3.05, 3.63) is 64.2 Å². The average Bonchev–Trinajstić information content (AvgIpc) is 3.10. The fourth-order valence-electron chi connectivity index (χ4n) is 2.82. The summed E-state index contributed by atoms with van der Waals surface area (Å²) in [5.74, 6) is -0.750. The van der Waals surface area contributed by atoms with Crippen molar-refractivity contribution in [2.24, 2.45) is 0 Å². The molecule has 3 rings (SSSR count). The zero-order chi connectivity index (χ0) is 19.4. The normalized spacial score (nSPS) is 13.7. The van der Waals surface area contributed by atoms with Gasteiger partial charge >= 0.3 is 5.97 Å². The van der Waals surface area contributed by atoms with Gasteiger partial charge in [0.25, 0.3) is 11.6 Å². The molecule has 0 N–H and O–H groups in total. The number of rotatable bonds is 6. The average molecular weight is 386 g/mol. The lowest BCUT2D eigenvalue weighted by atomic mass is 10.2. The number of non-ortho nitro benzene ring substituents is 1. The number of benzene rings is 2. The SMILES string of the molecule is C[C@H](Sc1ccc([N+](=O)[O-])cc1)C(=O)OCC(=O)N1CCc2ccccc21. The molecule has 0 aromatic heterocycles. The minimum atomic E-state index is -0.537. The minimum Gasteiger partial charge on any atom is -0.455 e. The summed E-state index contributed by atoms with van der Waals surface area (Å²) in [4.78, 5) is 37.1. The van der Waals surface area contributed by atoms with E-state index in [0.717, 1.165) is 17.7 Å². The Morgan fingerprint density at radius 3 is 2.63 bits per heavy atom. The molecule has 140 valence electrons. The maximum atomic E-state index is 12.4. The minimum absolute atomic E-state index is 0.00827. The molecule has 27 heavy (non-hydrogen) atoms. The molecule has 7 nitrogen and oxygen atoms in total. The van der Waals surface area contributed by atoms with Gasteiger partial charge in [-0.3, -0.25) is 19.7 Å². The van der Waals surface area contributed by atoms with E-state index < -0.39 is 16.1 Å². The van der Waals surface area contributed by atoms with Crippen LogP contribution in [0.2, 0.25) is 0 Å². The van der Waals surface area contributed by atoms with Gasteiger partial charge in [0, 0.05) is 29.3 Å². The van der Waals surface area contributed by atoms with Gasteiger partial charge in [-0.25, -0.2) is 0 Å². The van der Waals surface area contributed by atoms with Crippen molar-refractivity contribution >= 4 is 35.0 Å². The van der Waals surface area contributed by atoms with Crippen molar-refractivity contribution in [3.63, 3.8) is 0 Å². The van der Waals surface area contributed by atoms with Crippen LogP contribution in [-0.2, 0) is 20.7 Å². The van der Waals surface area contributed by atoms with Gasteiger partial charge < -0.3 is 9.64 Å². The molecule has 1 amide bonds. The van der Waals surface area contributed by atoms with E-state index in [4.69, 9.17) is 4.74 Å². The molecule has 2 aromatic carbocycles. The molecule has 0 saturated heterocycles. The number of nitrogens with zero attached hydrogens (tertiary/aromatic N) is 2. The molecule has 1 aliphatic heterocycles. The van der Waals surface area contributed by atoms with Crippen LogP contribution in [0.3, 0.4) is 0 Å². The maximum Gasteiger partial charge on any atom is 0.319 e. The van der Waals surface area contributed by atoms with Gasteiger partial charge in [0.2, 0.25) is 0 Å². The number of carbonyl (C=O) groups excluding carboxylic acids is 2. The smallest absolute Gasteiger partial charge is 0.319 e. The molecule has 0 aliphatic carbocycles. The van der Waals surface area contributed by atoms with Crippen molar-refractivity contribution in [1.82, 2.24) is 0 Å². The van der Waals surface area contributed by atoms with E-state index in [9.17, 15) is 19.7 Å². The van der Waals surface area contributed by atoms with Gasteiger partial charge in [0.05, 0.1) is 4.92 Å². The van der Waals surface area contributed by atoms with Crippen molar-refractivity contribution in [2.45, 2.75) is 23.5 Å². The van der Waals surface area contributed by atoms with Crippen LogP contribution >= 0.6 is 11.8 Å². The molecule has 8 heteroatoms. The summed E-state index contributed by atoms with van der Waals surface area (Å²) in [5, 5.41) is 10.1. The van der Waals surface area contributed by atoms with E-state index in [1.807, 2.05) is 24.3 Å². The predicted octanol–water partition coefficient (Wildman–Crippen LogP) is 3.21. The first-order chi connectivity index (χ1) is 13.0. The summed E-state index contributed by atoms with van der Waals surface area (Å²) in [6.45, 7) is 1.95. The van der Waals surface area contributed by atoms with Gasteiger partial charge in [-0.15, -0.1) is 11.8 Å². The predicted molar refractivity (Wildman–Crippen MR) is 102 cm³/mol. The number of amides is 1. The zero-order valence-electron chi connectivity index (χ0n) is 14.7. The van der Waals surface area contributed by atoms with Gasteiger partial charge in [-0.1, -0.05) is 18.2 Å². The number of hydrogen-bond donors (Lipinski definition) is 0. The van der Waals surface area contributed by atoms with Crippen LogP contribution in [0.5, 0.6) is 0 Å². The lowest BCUT2D eigenvalue weighted by molar-refractivity contribution is -0.384. The molecule has 0 unspecified atom stereocenters. The monoisotopic (exact) mass is 386 g/mol. The Morgan fingerprint density at radius 2 is 1.93 bits per heavy atom. The van der Waals surface area contributed by atoms with E-state index in [2.05, 4.69) is 0 Å². The lowest BCUT2D eigenvalue weighted by Crippen LogP contribution is -2.34. The quantitative estimate of drug-likeness (QED) is 0.328. The topological polar surface area (TPSA) is 89.7 Å². The number of anilines is 1. The second kappa shape index (κ2) is 8.22. The van der Waals surface area contributed by atoms with Gasteiger partial charge in [0.1, 0.15) is 5.25 Å². The van der Waals surface area contributed by atoms with Crippen LogP contribution in [0.15, 0.2) is 53.4 Å². The largest absolute Gasteiger partial charge is 0.455 e. The highest BCUT2D eigenvalue weighted by atomic mass is 32.2. The third-order valence-corrected chi connectivity index (χ3v) is 5.31. The van der Waals surface area contributed by atoms with Crippen molar-refractivity contribution in [1.29, 1.82) is 0 Å². The Hall–Kier alpha value is -2.87. The summed E-state index contributed by atoms with van der Waals surface area (Å²) in [6, 6.07) is 13.6. The summed E-state index contributed by atoms with van der Waals surface area (Å²) < 4.78 is 5.17. The molecule has 1 atom stereocenters. The Balaban J connectivity index is 1.51. The molecule has 0 radical (unpaired) electrons. The second-order valence-corrected chi connectivity index (χ2v) is 7.46. The Kier molecular flexibility index (Phi) is 5.75. The molecule has 0 bridgehead atoms. The molecule has 1 heterocycles. The number of carbonyl (C=O) groups is 2.